The minimum absolute atomic E-state index is 0.108. The highest BCUT2D eigenvalue weighted by molar-refractivity contribution is 5.74. The van der Waals surface area contributed by atoms with Gasteiger partial charge in [-0.05, 0) is 36.4 Å². The fourth-order valence-corrected chi connectivity index (χ4v) is 3.54. The molecule has 1 saturated heterocycles. The van der Waals surface area contributed by atoms with E-state index >= 15 is 0 Å². The first kappa shape index (κ1) is 20.3. The third-order valence-electron chi connectivity index (χ3n) is 5.11. The highest BCUT2D eigenvalue weighted by atomic mass is 19.1. The van der Waals surface area contributed by atoms with Gasteiger partial charge in [0.05, 0.1) is 17.7 Å². The third-order valence-corrected chi connectivity index (χ3v) is 5.11. The predicted molar refractivity (Wildman–Crippen MR) is 116 cm³/mol. The molecule has 9 nitrogen and oxygen atoms in total. The first-order valence-corrected chi connectivity index (χ1v) is 9.71. The Kier molecular flexibility index (Phi) is 5.78. The van der Waals surface area contributed by atoms with Gasteiger partial charge in [0, 0.05) is 31.9 Å². The summed E-state index contributed by atoms with van der Waals surface area (Å²) < 4.78 is 19.2. The number of rotatable bonds is 6. The minimum atomic E-state index is -0.482. The van der Waals surface area contributed by atoms with Gasteiger partial charge in [0.2, 0.25) is 11.6 Å². The van der Waals surface area contributed by atoms with Gasteiger partial charge in [-0.15, -0.1) is 0 Å². The molecular formula is C21H21FN6O3. The summed E-state index contributed by atoms with van der Waals surface area (Å²) in [4.78, 5) is 23.4. The zero-order valence-electron chi connectivity index (χ0n) is 16.9. The highest BCUT2D eigenvalue weighted by Gasteiger charge is 2.29. The van der Waals surface area contributed by atoms with Crippen LogP contribution in [-0.2, 0) is 0 Å². The Hall–Kier alpha value is -3.95. The number of halogens is 1. The number of piperazine rings is 1. The number of anilines is 4. The van der Waals surface area contributed by atoms with Gasteiger partial charge in [-0.1, -0.05) is 12.1 Å². The Morgan fingerprint density at radius 2 is 1.71 bits per heavy atom. The molecule has 1 aromatic heterocycles. The number of nitrogens with zero attached hydrogens (tertiary/aromatic N) is 5. The lowest BCUT2D eigenvalue weighted by Gasteiger charge is -2.36. The van der Waals surface area contributed by atoms with Gasteiger partial charge in [0.1, 0.15) is 17.9 Å². The molecule has 0 spiro atoms. The molecule has 1 fully saturated rings. The second-order valence-electron chi connectivity index (χ2n) is 6.93. The number of para-hydroxylation sites is 1. The van der Waals surface area contributed by atoms with E-state index in [0.29, 0.717) is 43.3 Å². The summed E-state index contributed by atoms with van der Waals surface area (Å²) in [6.45, 7) is 1.97. The molecule has 0 atom stereocenters. The predicted octanol–water partition coefficient (Wildman–Crippen LogP) is 3.60. The number of benzene rings is 2. The van der Waals surface area contributed by atoms with Gasteiger partial charge >= 0.3 is 5.69 Å². The quantitative estimate of drug-likeness (QED) is 0.474. The van der Waals surface area contributed by atoms with E-state index in [0.717, 1.165) is 0 Å². The smallest absolute Gasteiger partial charge is 0.353 e. The lowest BCUT2D eigenvalue weighted by atomic mass is 10.2. The summed E-state index contributed by atoms with van der Waals surface area (Å²) in [5.41, 5.74) is 0.969. The molecule has 0 amide bonds. The topological polar surface area (TPSA) is 96.7 Å². The highest BCUT2D eigenvalue weighted by Crippen LogP contribution is 2.34. The van der Waals surface area contributed by atoms with Gasteiger partial charge in [0.15, 0.2) is 0 Å². The van der Waals surface area contributed by atoms with Crippen molar-refractivity contribution >= 4 is 28.7 Å². The van der Waals surface area contributed by atoms with Crippen molar-refractivity contribution in [2.75, 3.05) is 48.4 Å². The van der Waals surface area contributed by atoms with E-state index in [4.69, 9.17) is 4.74 Å². The summed E-state index contributed by atoms with van der Waals surface area (Å²) >= 11 is 0. The molecule has 2 aromatic carbocycles. The summed E-state index contributed by atoms with van der Waals surface area (Å²) in [5, 5.41) is 14.9. The number of hydrogen-bond acceptors (Lipinski definition) is 8. The molecule has 1 aliphatic rings. The Balaban J connectivity index is 1.55. The van der Waals surface area contributed by atoms with Crippen molar-refractivity contribution in [3.63, 3.8) is 0 Å². The fourth-order valence-electron chi connectivity index (χ4n) is 3.54. The number of nitro groups is 1. The minimum Gasteiger partial charge on any atom is -0.497 e. The molecule has 0 saturated carbocycles. The lowest BCUT2D eigenvalue weighted by molar-refractivity contribution is -0.383. The first-order valence-electron chi connectivity index (χ1n) is 9.71. The molecule has 0 unspecified atom stereocenters. The van der Waals surface area contributed by atoms with Crippen molar-refractivity contribution in [2.45, 2.75) is 0 Å². The SMILES string of the molecule is COc1ccc(Nc2ncnc(N3CCN(c4ccccc4F)CC3)c2[N+](=O)[O-])cc1. The van der Waals surface area contributed by atoms with E-state index < -0.39 is 4.92 Å². The normalized spacial score (nSPS) is 13.7. The van der Waals surface area contributed by atoms with Crippen molar-refractivity contribution in [1.29, 1.82) is 0 Å². The van der Waals surface area contributed by atoms with Crippen LogP contribution in [0.15, 0.2) is 54.9 Å². The first-order chi connectivity index (χ1) is 15.1. The second kappa shape index (κ2) is 8.82. The molecular weight excluding hydrogens is 403 g/mol. The van der Waals surface area contributed by atoms with Gasteiger partial charge in [-0.3, -0.25) is 10.1 Å². The largest absolute Gasteiger partial charge is 0.497 e. The van der Waals surface area contributed by atoms with Gasteiger partial charge in [0.25, 0.3) is 0 Å². The summed E-state index contributed by atoms with van der Waals surface area (Å²) in [5.74, 6) is 0.743. The Morgan fingerprint density at radius 1 is 1.03 bits per heavy atom. The summed E-state index contributed by atoms with van der Waals surface area (Å²) in [6.07, 6.45) is 1.30. The molecule has 3 aromatic rings. The number of nitrogens with one attached hydrogen (secondary N) is 1. The number of ether oxygens (including phenoxy) is 1. The van der Waals surface area contributed by atoms with Gasteiger partial charge < -0.3 is 19.9 Å². The van der Waals surface area contributed by atoms with E-state index in [1.807, 2.05) is 9.80 Å². The van der Waals surface area contributed by atoms with Crippen LogP contribution in [0, 0.1) is 15.9 Å². The molecule has 10 heteroatoms. The van der Waals surface area contributed by atoms with Crippen LogP contribution in [0.3, 0.4) is 0 Å². The molecule has 160 valence electrons. The van der Waals surface area contributed by atoms with E-state index in [2.05, 4.69) is 15.3 Å². The van der Waals surface area contributed by atoms with E-state index in [-0.39, 0.29) is 23.1 Å². The summed E-state index contributed by atoms with van der Waals surface area (Å²) in [6, 6.07) is 13.6. The monoisotopic (exact) mass is 424 g/mol. The zero-order valence-corrected chi connectivity index (χ0v) is 16.9. The van der Waals surface area contributed by atoms with Crippen LogP contribution in [0.4, 0.5) is 33.1 Å². The van der Waals surface area contributed by atoms with Crippen LogP contribution in [0.2, 0.25) is 0 Å². The number of methoxy groups -OCH3 is 1. The lowest BCUT2D eigenvalue weighted by Crippen LogP contribution is -2.47. The number of aromatic nitrogens is 2. The average Bonchev–Trinajstić information content (AvgIpc) is 2.80. The van der Waals surface area contributed by atoms with E-state index in [1.54, 1.807) is 49.6 Å². The van der Waals surface area contributed by atoms with Crippen molar-refractivity contribution in [3.05, 3.63) is 70.8 Å². The van der Waals surface area contributed by atoms with Gasteiger partial charge in [-0.2, -0.15) is 0 Å². The molecule has 4 rings (SSSR count). The summed E-state index contributed by atoms with van der Waals surface area (Å²) in [7, 11) is 1.57. The zero-order chi connectivity index (χ0) is 21.8. The van der Waals surface area contributed by atoms with Crippen LogP contribution in [0.5, 0.6) is 5.75 Å². The standard InChI is InChI=1S/C21H21FN6O3/c1-31-16-8-6-15(7-9-16)25-20-19(28(29)30)21(24-14-23-20)27-12-10-26(11-13-27)18-5-3-2-4-17(18)22/h2-9,14H,10-13H2,1H3,(H,23,24,25). The van der Waals surface area contributed by atoms with Crippen molar-refractivity contribution in [1.82, 2.24) is 9.97 Å². The molecule has 2 heterocycles. The van der Waals surface area contributed by atoms with Crippen LogP contribution >= 0.6 is 0 Å². The molecule has 0 bridgehead atoms. The Labute approximate surface area is 178 Å². The van der Waals surface area contributed by atoms with Crippen molar-refractivity contribution in [3.8, 4) is 5.75 Å². The average molecular weight is 424 g/mol. The van der Waals surface area contributed by atoms with Crippen LogP contribution < -0.4 is 19.9 Å². The molecule has 31 heavy (non-hydrogen) atoms. The van der Waals surface area contributed by atoms with Crippen molar-refractivity contribution < 1.29 is 14.1 Å². The maximum atomic E-state index is 14.1. The molecule has 1 aliphatic heterocycles. The van der Waals surface area contributed by atoms with E-state index in [1.165, 1.54) is 12.4 Å². The molecule has 0 radical (unpaired) electrons. The van der Waals surface area contributed by atoms with Crippen LogP contribution in [0.1, 0.15) is 0 Å². The van der Waals surface area contributed by atoms with Crippen LogP contribution in [-0.4, -0.2) is 48.2 Å². The second-order valence-corrected chi connectivity index (χ2v) is 6.93. The van der Waals surface area contributed by atoms with E-state index in [9.17, 15) is 14.5 Å². The van der Waals surface area contributed by atoms with Crippen molar-refractivity contribution in [2.24, 2.45) is 0 Å². The van der Waals surface area contributed by atoms with Crippen LogP contribution in [0.25, 0.3) is 0 Å². The number of hydrogen-bond donors (Lipinski definition) is 1. The fraction of sp³-hybridized carbons (Fsp3) is 0.238. The third kappa shape index (κ3) is 4.32. The Bertz CT molecular complexity index is 1070. The maximum absolute atomic E-state index is 14.1. The molecule has 1 N–H and O–H groups in total. The maximum Gasteiger partial charge on any atom is 0.353 e. The van der Waals surface area contributed by atoms with Gasteiger partial charge in [-0.25, -0.2) is 14.4 Å². The molecule has 0 aliphatic carbocycles. The Morgan fingerprint density at radius 3 is 2.35 bits per heavy atom.